The number of hydrogen-bond acceptors (Lipinski definition) is 6. The first-order chi connectivity index (χ1) is 9.43. The van der Waals surface area contributed by atoms with Crippen molar-refractivity contribution in [3.63, 3.8) is 0 Å². The van der Waals surface area contributed by atoms with E-state index in [1.807, 2.05) is 0 Å². The molecule has 0 heterocycles. The topological polar surface area (TPSA) is 95.7 Å². The molecule has 0 aliphatic carbocycles. The monoisotopic (exact) mass is 281 g/mol. The highest BCUT2D eigenvalue weighted by Crippen LogP contribution is 2.14. The number of nitro benzene ring substituents is 1. The van der Waals surface area contributed by atoms with Crippen LogP contribution < -0.4 is 0 Å². The molecule has 7 heteroatoms. The minimum Gasteiger partial charge on any atom is -0.463 e. The van der Waals surface area contributed by atoms with Crippen molar-refractivity contribution < 1.29 is 24.0 Å². The average molecular weight is 281 g/mol. The molecule has 1 aromatic rings. The van der Waals surface area contributed by atoms with Gasteiger partial charge in [-0.2, -0.15) is 0 Å². The van der Waals surface area contributed by atoms with Crippen molar-refractivity contribution in [1.82, 2.24) is 0 Å². The van der Waals surface area contributed by atoms with Gasteiger partial charge in [0.25, 0.3) is 5.69 Å². The summed E-state index contributed by atoms with van der Waals surface area (Å²) in [5.74, 6) is -1.23. The molecule has 0 fully saturated rings. The molecule has 0 radical (unpaired) electrons. The maximum absolute atomic E-state index is 11.7. The van der Waals surface area contributed by atoms with Gasteiger partial charge < -0.3 is 9.47 Å². The van der Waals surface area contributed by atoms with Crippen molar-refractivity contribution in [2.45, 2.75) is 26.4 Å². The van der Waals surface area contributed by atoms with Crippen molar-refractivity contribution in [2.75, 3.05) is 6.61 Å². The summed E-state index contributed by atoms with van der Waals surface area (Å²) in [6.07, 6.45) is -0.940. The van der Waals surface area contributed by atoms with Crippen LogP contribution in [0.4, 0.5) is 5.69 Å². The molecule has 0 amide bonds. The van der Waals surface area contributed by atoms with E-state index in [0.717, 1.165) is 0 Å². The summed E-state index contributed by atoms with van der Waals surface area (Å²) in [6, 6.07) is 5.67. The van der Waals surface area contributed by atoms with Crippen LogP contribution in [0.2, 0.25) is 0 Å². The fourth-order valence-electron chi connectivity index (χ4n) is 1.58. The highest BCUT2D eigenvalue weighted by atomic mass is 16.6. The smallest absolute Gasteiger partial charge is 0.347 e. The lowest BCUT2D eigenvalue weighted by Crippen LogP contribution is -2.30. The summed E-state index contributed by atoms with van der Waals surface area (Å²) in [5, 5.41) is 10.5. The van der Waals surface area contributed by atoms with Gasteiger partial charge in [-0.3, -0.25) is 14.9 Å². The van der Waals surface area contributed by atoms with Crippen LogP contribution in [-0.2, 0) is 25.5 Å². The first-order valence-electron chi connectivity index (χ1n) is 6.01. The Morgan fingerprint density at radius 2 is 1.90 bits per heavy atom. The predicted octanol–water partition coefficient (Wildman–Crippen LogP) is 1.63. The molecule has 0 N–H and O–H groups in total. The molecule has 20 heavy (non-hydrogen) atoms. The van der Waals surface area contributed by atoms with Gasteiger partial charge >= 0.3 is 11.9 Å². The number of hydrogen-bond donors (Lipinski definition) is 0. The van der Waals surface area contributed by atoms with Crippen LogP contribution >= 0.6 is 0 Å². The van der Waals surface area contributed by atoms with Crippen molar-refractivity contribution in [2.24, 2.45) is 0 Å². The number of rotatable bonds is 6. The molecule has 0 saturated heterocycles. The summed E-state index contributed by atoms with van der Waals surface area (Å²) in [4.78, 5) is 32.6. The second kappa shape index (κ2) is 7.22. The zero-order chi connectivity index (χ0) is 15.1. The first kappa shape index (κ1) is 15.6. The van der Waals surface area contributed by atoms with E-state index < -0.39 is 23.0 Å². The first-order valence-corrected chi connectivity index (χ1v) is 6.01. The van der Waals surface area contributed by atoms with Crippen molar-refractivity contribution in [3.8, 4) is 0 Å². The van der Waals surface area contributed by atoms with E-state index in [-0.39, 0.29) is 18.7 Å². The van der Waals surface area contributed by atoms with Crippen molar-refractivity contribution >= 4 is 17.6 Å². The van der Waals surface area contributed by atoms with E-state index >= 15 is 0 Å². The van der Waals surface area contributed by atoms with Gasteiger partial charge in [-0.15, -0.1) is 0 Å². The lowest BCUT2D eigenvalue weighted by Gasteiger charge is -2.15. The molecular formula is C13H15NO6. The average Bonchev–Trinajstić information content (AvgIpc) is 2.38. The molecular weight excluding hydrogens is 266 g/mol. The quantitative estimate of drug-likeness (QED) is 0.446. The summed E-state index contributed by atoms with van der Waals surface area (Å²) < 4.78 is 9.71. The number of nitro groups is 1. The third-order valence-electron chi connectivity index (χ3n) is 2.43. The number of nitrogens with zero attached hydrogens (tertiary/aromatic N) is 1. The summed E-state index contributed by atoms with van der Waals surface area (Å²) in [5.41, 5.74) is 0.587. The number of carbonyl (C=O) groups excluding carboxylic acids is 2. The van der Waals surface area contributed by atoms with Crippen LogP contribution in [0.25, 0.3) is 0 Å². The van der Waals surface area contributed by atoms with E-state index in [2.05, 4.69) is 0 Å². The Labute approximate surface area is 115 Å². The molecule has 0 spiro atoms. The second-order valence-electron chi connectivity index (χ2n) is 3.98. The molecule has 1 aromatic carbocycles. The van der Waals surface area contributed by atoms with Crippen LogP contribution in [0.1, 0.15) is 19.4 Å². The van der Waals surface area contributed by atoms with Gasteiger partial charge in [0, 0.05) is 25.5 Å². The number of carbonyl (C=O) groups is 2. The molecule has 1 atom stereocenters. The fraction of sp³-hybridized carbons (Fsp3) is 0.385. The van der Waals surface area contributed by atoms with Gasteiger partial charge in [0.2, 0.25) is 6.10 Å². The van der Waals surface area contributed by atoms with Crippen LogP contribution in [0.15, 0.2) is 24.3 Å². The Kier molecular flexibility index (Phi) is 5.64. The standard InChI is InChI=1S/C13H15NO6/c1-3-19-13(16)12(20-9(2)15)8-10-4-6-11(7-5-10)14(17)18/h4-7,12H,3,8H2,1-2H3/t12-/m1/s1. The molecule has 0 aliphatic rings. The zero-order valence-corrected chi connectivity index (χ0v) is 11.2. The van der Waals surface area contributed by atoms with Crippen molar-refractivity contribution in [3.05, 3.63) is 39.9 Å². The number of esters is 2. The van der Waals surface area contributed by atoms with E-state index in [1.54, 1.807) is 6.92 Å². The lowest BCUT2D eigenvalue weighted by molar-refractivity contribution is -0.384. The third-order valence-corrected chi connectivity index (χ3v) is 2.43. The zero-order valence-electron chi connectivity index (χ0n) is 11.2. The minimum atomic E-state index is -1.05. The van der Waals surface area contributed by atoms with Gasteiger partial charge in [0.05, 0.1) is 11.5 Å². The van der Waals surface area contributed by atoms with E-state index in [0.29, 0.717) is 5.56 Å². The maximum atomic E-state index is 11.7. The van der Waals surface area contributed by atoms with Crippen LogP contribution in [0.3, 0.4) is 0 Å². The van der Waals surface area contributed by atoms with Gasteiger partial charge in [-0.25, -0.2) is 4.79 Å². The SMILES string of the molecule is CCOC(=O)[C@@H](Cc1ccc([N+](=O)[O-])cc1)OC(C)=O. The lowest BCUT2D eigenvalue weighted by atomic mass is 10.1. The molecule has 7 nitrogen and oxygen atoms in total. The normalized spacial score (nSPS) is 11.5. The van der Waals surface area contributed by atoms with Crippen LogP contribution in [0, 0.1) is 10.1 Å². The van der Waals surface area contributed by atoms with Gasteiger partial charge in [0.1, 0.15) is 0 Å². The van der Waals surface area contributed by atoms with Crippen molar-refractivity contribution in [1.29, 1.82) is 0 Å². The molecule has 108 valence electrons. The predicted molar refractivity (Wildman–Crippen MR) is 69.0 cm³/mol. The van der Waals surface area contributed by atoms with E-state index in [9.17, 15) is 19.7 Å². The fourth-order valence-corrected chi connectivity index (χ4v) is 1.58. The Hall–Kier alpha value is -2.44. The highest BCUT2D eigenvalue weighted by Gasteiger charge is 2.23. The molecule has 1 rings (SSSR count). The molecule has 0 aliphatic heterocycles. The minimum absolute atomic E-state index is 0.0473. The molecule has 0 unspecified atom stereocenters. The summed E-state index contributed by atoms with van der Waals surface area (Å²) in [7, 11) is 0. The molecule has 0 saturated carbocycles. The van der Waals surface area contributed by atoms with Gasteiger partial charge in [-0.1, -0.05) is 12.1 Å². The van der Waals surface area contributed by atoms with Crippen LogP contribution in [-0.4, -0.2) is 29.6 Å². The maximum Gasteiger partial charge on any atom is 0.347 e. The van der Waals surface area contributed by atoms with Crippen LogP contribution in [0.5, 0.6) is 0 Å². The molecule has 0 aromatic heterocycles. The van der Waals surface area contributed by atoms with Gasteiger partial charge in [-0.05, 0) is 12.5 Å². The summed E-state index contributed by atoms with van der Waals surface area (Å²) in [6.45, 7) is 3.02. The third kappa shape index (κ3) is 4.68. The molecule has 0 bridgehead atoms. The number of non-ortho nitro benzene ring substituents is 1. The Morgan fingerprint density at radius 3 is 2.35 bits per heavy atom. The van der Waals surface area contributed by atoms with Gasteiger partial charge in [0.15, 0.2) is 0 Å². The summed E-state index contributed by atoms with van der Waals surface area (Å²) >= 11 is 0. The number of ether oxygens (including phenoxy) is 2. The van der Waals surface area contributed by atoms with E-state index in [1.165, 1.54) is 31.2 Å². The Bertz CT molecular complexity index is 496. The van der Waals surface area contributed by atoms with E-state index in [4.69, 9.17) is 9.47 Å². The largest absolute Gasteiger partial charge is 0.463 e. The highest BCUT2D eigenvalue weighted by molar-refractivity contribution is 5.78. The Morgan fingerprint density at radius 1 is 1.30 bits per heavy atom. The number of benzene rings is 1. The second-order valence-corrected chi connectivity index (χ2v) is 3.98. The Balaban J connectivity index is 2.80.